The van der Waals surface area contributed by atoms with Crippen molar-refractivity contribution in [1.82, 2.24) is 5.32 Å². The van der Waals surface area contributed by atoms with E-state index in [9.17, 15) is 0 Å². The van der Waals surface area contributed by atoms with Gasteiger partial charge in [0.25, 0.3) is 0 Å². The summed E-state index contributed by atoms with van der Waals surface area (Å²) in [6.45, 7) is 1.20. The maximum atomic E-state index is 5.29. The van der Waals surface area contributed by atoms with Gasteiger partial charge in [-0.25, -0.2) is 0 Å². The molecule has 0 spiro atoms. The second-order valence-corrected chi connectivity index (χ2v) is 5.78. The summed E-state index contributed by atoms with van der Waals surface area (Å²) in [7, 11) is 1.72. The summed E-state index contributed by atoms with van der Waals surface area (Å²) in [6.07, 6.45) is 6.69. The molecular formula is C16H24N2O. The fourth-order valence-electron chi connectivity index (χ4n) is 3.65. The lowest BCUT2D eigenvalue weighted by Crippen LogP contribution is -2.38. The molecule has 1 saturated heterocycles. The molecule has 3 rings (SSSR count). The molecule has 19 heavy (non-hydrogen) atoms. The monoisotopic (exact) mass is 260 g/mol. The van der Waals surface area contributed by atoms with Crippen LogP contribution in [-0.2, 0) is 0 Å². The molecule has 0 aromatic heterocycles. The van der Waals surface area contributed by atoms with E-state index in [1.807, 2.05) is 6.07 Å². The Morgan fingerprint density at radius 3 is 2.95 bits per heavy atom. The number of hydrogen-bond acceptors (Lipinski definition) is 3. The second kappa shape index (κ2) is 5.83. The number of rotatable bonds is 4. The molecule has 1 aromatic carbocycles. The number of ether oxygens (including phenoxy) is 1. The van der Waals surface area contributed by atoms with Gasteiger partial charge in [0.15, 0.2) is 0 Å². The van der Waals surface area contributed by atoms with Crippen LogP contribution in [-0.4, -0.2) is 25.7 Å². The van der Waals surface area contributed by atoms with Crippen LogP contribution in [0.3, 0.4) is 0 Å². The molecule has 0 amide bonds. The Balaban J connectivity index is 1.67. The van der Waals surface area contributed by atoms with E-state index in [2.05, 4.69) is 28.8 Å². The van der Waals surface area contributed by atoms with Crippen molar-refractivity contribution in [2.45, 2.75) is 44.2 Å². The minimum absolute atomic E-state index is 0.614. The number of nitrogens with one attached hydrogen (secondary N) is 2. The fraction of sp³-hybridized carbons (Fsp3) is 0.625. The van der Waals surface area contributed by atoms with Gasteiger partial charge in [-0.2, -0.15) is 0 Å². The summed E-state index contributed by atoms with van der Waals surface area (Å²) < 4.78 is 5.29. The summed E-state index contributed by atoms with van der Waals surface area (Å²) in [5.74, 6) is 1.72. The average Bonchev–Trinajstić information content (AvgIpc) is 3.09. The van der Waals surface area contributed by atoms with Crippen LogP contribution in [0.5, 0.6) is 5.75 Å². The highest BCUT2D eigenvalue weighted by Crippen LogP contribution is 2.34. The lowest BCUT2D eigenvalue weighted by molar-refractivity contribution is 0.376. The van der Waals surface area contributed by atoms with Crippen molar-refractivity contribution in [3.8, 4) is 5.75 Å². The Morgan fingerprint density at radius 2 is 2.16 bits per heavy atom. The standard InChI is InChI=1S/C16H24N2O/c1-19-13-6-2-5-12(11-13)18-16-8-3-7-14(16)15-9-4-10-17-15/h2,5-6,11,14-18H,3-4,7-10H2,1H3. The summed E-state index contributed by atoms with van der Waals surface area (Å²) >= 11 is 0. The van der Waals surface area contributed by atoms with E-state index in [0.29, 0.717) is 6.04 Å². The van der Waals surface area contributed by atoms with Crippen LogP contribution in [0.15, 0.2) is 24.3 Å². The van der Waals surface area contributed by atoms with Crippen molar-refractivity contribution in [1.29, 1.82) is 0 Å². The molecule has 2 aliphatic rings. The zero-order valence-electron chi connectivity index (χ0n) is 11.7. The van der Waals surface area contributed by atoms with Crippen molar-refractivity contribution in [3.63, 3.8) is 0 Å². The third-order valence-electron chi connectivity index (χ3n) is 4.61. The molecule has 1 aliphatic heterocycles. The van der Waals surface area contributed by atoms with Crippen molar-refractivity contribution in [3.05, 3.63) is 24.3 Å². The summed E-state index contributed by atoms with van der Waals surface area (Å²) in [6, 6.07) is 9.62. The Hall–Kier alpha value is -1.22. The van der Waals surface area contributed by atoms with Gasteiger partial charge in [0.1, 0.15) is 5.75 Å². The molecule has 3 nitrogen and oxygen atoms in total. The number of methoxy groups -OCH3 is 1. The molecule has 1 heterocycles. The van der Waals surface area contributed by atoms with Gasteiger partial charge in [-0.05, 0) is 50.3 Å². The highest BCUT2D eigenvalue weighted by atomic mass is 16.5. The summed E-state index contributed by atoms with van der Waals surface area (Å²) in [5, 5.41) is 7.39. The van der Waals surface area contributed by atoms with E-state index in [0.717, 1.165) is 17.7 Å². The topological polar surface area (TPSA) is 33.3 Å². The van der Waals surface area contributed by atoms with Gasteiger partial charge in [-0.1, -0.05) is 12.5 Å². The largest absolute Gasteiger partial charge is 0.497 e. The van der Waals surface area contributed by atoms with Crippen LogP contribution in [0.2, 0.25) is 0 Å². The smallest absolute Gasteiger partial charge is 0.120 e. The van der Waals surface area contributed by atoms with Gasteiger partial charge >= 0.3 is 0 Å². The third kappa shape index (κ3) is 2.86. The van der Waals surface area contributed by atoms with Gasteiger partial charge in [0.05, 0.1) is 7.11 Å². The van der Waals surface area contributed by atoms with Crippen molar-refractivity contribution >= 4 is 5.69 Å². The Kier molecular flexibility index (Phi) is 3.92. The molecule has 2 N–H and O–H groups in total. The van der Waals surface area contributed by atoms with Gasteiger partial charge in [-0.15, -0.1) is 0 Å². The minimum atomic E-state index is 0.614. The molecule has 1 aromatic rings. The molecule has 2 fully saturated rings. The van der Waals surface area contributed by atoms with Crippen LogP contribution in [0.1, 0.15) is 32.1 Å². The lowest BCUT2D eigenvalue weighted by Gasteiger charge is -2.27. The Morgan fingerprint density at radius 1 is 1.21 bits per heavy atom. The minimum Gasteiger partial charge on any atom is -0.497 e. The second-order valence-electron chi connectivity index (χ2n) is 5.78. The first kappa shape index (κ1) is 12.8. The van der Waals surface area contributed by atoms with Gasteiger partial charge in [0.2, 0.25) is 0 Å². The van der Waals surface area contributed by atoms with Crippen LogP contribution < -0.4 is 15.4 Å². The molecule has 104 valence electrons. The van der Waals surface area contributed by atoms with Crippen LogP contribution >= 0.6 is 0 Å². The normalized spacial score (nSPS) is 30.5. The lowest BCUT2D eigenvalue weighted by atomic mass is 9.93. The van der Waals surface area contributed by atoms with E-state index in [4.69, 9.17) is 4.74 Å². The quantitative estimate of drug-likeness (QED) is 0.873. The molecule has 1 aliphatic carbocycles. The van der Waals surface area contributed by atoms with E-state index < -0.39 is 0 Å². The highest BCUT2D eigenvalue weighted by molar-refractivity contribution is 5.49. The van der Waals surface area contributed by atoms with E-state index in [-0.39, 0.29) is 0 Å². The zero-order chi connectivity index (χ0) is 13.1. The predicted molar refractivity (Wildman–Crippen MR) is 78.8 cm³/mol. The molecule has 3 heteroatoms. The van der Waals surface area contributed by atoms with Gasteiger partial charge < -0.3 is 15.4 Å². The number of anilines is 1. The van der Waals surface area contributed by atoms with Crippen LogP contribution in [0.25, 0.3) is 0 Å². The zero-order valence-corrected chi connectivity index (χ0v) is 11.7. The molecule has 3 unspecified atom stereocenters. The van der Waals surface area contributed by atoms with Crippen LogP contribution in [0, 0.1) is 5.92 Å². The molecule has 3 atom stereocenters. The number of hydrogen-bond donors (Lipinski definition) is 2. The first-order valence-corrected chi connectivity index (χ1v) is 7.51. The fourth-order valence-corrected chi connectivity index (χ4v) is 3.65. The molecule has 0 bridgehead atoms. The van der Waals surface area contributed by atoms with E-state index >= 15 is 0 Å². The Bertz CT molecular complexity index is 415. The highest BCUT2D eigenvalue weighted by Gasteiger charge is 2.34. The van der Waals surface area contributed by atoms with E-state index in [1.54, 1.807) is 7.11 Å². The Labute approximate surface area is 115 Å². The van der Waals surface area contributed by atoms with Crippen LogP contribution in [0.4, 0.5) is 5.69 Å². The van der Waals surface area contributed by atoms with Crippen molar-refractivity contribution < 1.29 is 4.74 Å². The molecular weight excluding hydrogens is 236 g/mol. The summed E-state index contributed by atoms with van der Waals surface area (Å²) in [5.41, 5.74) is 1.19. The maximum Gasteiger partial charge on any atom is 0.120 e. The molecule has 1 saturated carbocycles. The van der Waals surface area contributed by atoms with Crippen molar-refractivity contribution in [2.24, 2.45) is 5.92 Å². The third-order valence-corrected chi connectivity index (χ3v) is 4.61. The maximum absolute atomic E-state index is 5.29. The summed E-state index contributed by atoms with van der Waals surface area (Å²) in [4.78, 5) is 0. The average molecular weight is 260 g/mol. The SMILES string of the molecule is COc1cccc(NC2CCCC2C2CCCN2)c1. The number of benzene rings is 1. The first-order valence-electron chi connectivity index (χ1n) is 7.51. The van der Waals surface area contributed by atoms with Crippen molar-refractivity contribution in [2.75, 3.05) is 19.0 Å². The van der Waals surface area contributed by atoms with E-state index in [1.165, 1.54) is 44.3 Å². The first-order chi connectivity index (χ1) is 9.36. The molecule has 0 radical (unpaired) electrons. The van der Waals surface area contributed by atoms with Gasteiger partial charge in [-0.3, -0.25) is 0 Å². The predicted octanol–water partition coefficient (Wildman–Crippen LogP) is 3.03. The van der Waals surface area contributed by atoms with Gasteiger partial charge in [0, 0.05) is 23.8 Å².